The van der Waals surface area contributed by atoms with Gasteiger partial charge in [-0.15, -0.1) is 0 Å². The lowest BCUT2D eigenvalue weighted by atomic mass is 10.1. The number of hydrogen-bond donors (Lipinski definition) is 0. The van der Waals surface area contributed by atoms with Gasteiger partial charge in [0, 0.05) is 12.6 Å². The van der Waals surface area contributed by atoms with E-state index in [9.17, 15) is 13.2 Å². The summed E-state index contributed by atoms with van der Waals surface area (Å²) in [5.41, 5.74) is 0.861. The molecule has 1 heterocycles. The third kappa shape index (κ3) is 3.07. The maximum absolute atomic E-state index is 12.4. The Hall–Kier alpha value is -1.43. The zero-order valence-corrected chi connectivity index (χ0v) is 10.7. The summed E-state index contributed by atoms with van der Waals surface area (Å²) in [6, 6.07) is 5.06. The molecule has 6 heteroatoms. The Morgan fingerprint density at radius 2 is 1.78 bits per heavy atom. The van der Waals surface area contributed by atoms with Crippen LogP contribution >= 0.6 is 15.9 Å². The van der Waals surface area contributed by atoms with E-state index in [4.69, 9.17) is 0 Å². The van der Waals surface area contributed by atoms with Crippen molar-refractivity contribution in [2.45, 2.75) is 12.6 Å². The Kier molecular flexibility index (Phi) is 3.65. The molecule has 2 rings (SSSR count). The van der Waals surface area contributed by atoms with E-state index in [1.165, 1.54) is 18.5 Å². The molecule has 0 fully saturated rings. The lowest BCUT2D eigenvalue weighted by Gasteiger charge is -2.07. The molecule has 1 aromatic heterocycles. The van der Waals surface area contributed by atoms with Gasteiger partial charge in [0.25, 0.3) is 0 Å². The average Bonchev–Trinajstić information content (AvgIpc) is 2.32. The summed E-state index contributed by atoms with van der Waals surface area (Å²) < 4.78 is 37.9. The van der Waals surface area contributed by atoms with Crippen molar-refractivity contribution in [1.82, 2.24) is 9.97 Å². The number of alkyl halides is 3. The molecular formula is C12H8BrF3N2. The maximum Gasteiger partial charge on any atom is 0.416 e. The largest absolute Gasteiger partial charge is 0.416 e. The fourth-order valence-electron chi connectivity index (χ4n) is 1.47. The van der Waals surface area contributed by atoms with Gasteiger partial charge in [-0.05, 0) is 33.6 Å². The smallest absolute Gasteiger partial charge is 0.244 e. The molecule has 0 radical (unpaired) electrons. The molecule has 0 N–H and O–H groups in total. The highest BCUT2D eigenvalue weighted by atomic mass is 79.9. The van der Waals surface area contributed by atoms with Crippen LogP contribution in [0.1, 0.15) is 16.8 Å². The number of benzene rings is 1. The summed E-state index contributed by atoms with van der Waals surface area (Å²) in [7, 11) is 0. The van der Waals surface area contributed by atoms with Gasteiger partial charge in [0.1, 0.15) is 6.33 Å². The molecule has 94 valence electrons. The van der Waals surface area contributed by atoms with Gasteiger partial charge in [-0.25, -0.2) is 9.97 Å². The van der Waals surface area contributed by atoms with Crippen LogP contribution in [0.3, 0.4) is 0 Å². The first-order chi connectivity index (χ1) is 8.47. The summed E-state index contributed by atoms with van der Waals surface area (Å²) in [5.74, 6) is 0. The van der Waals surface area contributed by atoms with Crippen LogP contribution in [-0.4, -0.2) is 9.97 Å². The lowest BCUT2D eigenvalue weighted by Crippen LogP contribution is -2.04. The Morgan fingerprint density at radius 1 is 1.11 bits per heavy atom. The van der Waals surface area contributed by atoms with Gasteiger partial charge >= 0.3 is 6.18 Å². The van der Waals surface area contributed by atoms with E-state index in [2.05, 4.69) is 25.9 Å². The quantitative estimate of drug-likeness (QED) is 0.841. The number of hydrogen-bond acceptors (Lipinski definition) is 2. The zero-order chi connectivity index (χ0) is 13.2. The second-order valence-electron chi connectivity index (χ2n) is 3.69. The lowest BCUT2D eigenvalue weighted by molar-refractivity contribution is -0.137. The standard InChI is InChI=1S/C12H8BrF3N2/c13-10-6-17-7-18-11(10)5-8-1-3-9(4-2-8)12(14,15)16/h1-4,6-7H,5H2. The van der Waals surface area contributed by atoms with Crippen LogP contribution in [0.2, 0.25) is 0 Å². The Bertz CT molecular complexity index is 538. The summed E-state index contributed by atoms with van der Waals surface area (Å²) in [5, 5.41) is 0. The zero-order valence-electron chi connectivity index (χ0n) is 9.08. The average molecular weight is 317 g/mol. The minimum atomic E-state index is -4.30. The van der Waals surface area contributed by atoms with Gasteiger partial charge in [-0.3, -0.25) is 0 Å². The van der Waals surface area contributed by atoms with Gasteiger partial charge in [-0.2, -0.15) is 13.2 Å². The van der Waals surface area contributed by atoms with Crippen molar-refractivity contribution in [3.8, 4) is 0 Å². The summed E-state index contributed by atoms with van der Waals surface area (Å²) in [6.45, 7) is 0. The number of rotatable bonds is 2. The van der Waals surface area contributed by atoms with Crippen LogP contribution in [0.4, 0.5) is 13.2 Å². The van der Waals surface area contributed by atoms with Crippen molar-refractivity contribution in [1.29, 1.82) is 0 Å². The molecule has 1 aromatic carbocycles. The molecule has 0 atom stereocenters. The molecule has 0 aliphatic rings. The molecule has 2 nitrogen and oxygen atoms in total. The van der Waals surface area contributed by atoms with Crippen molar-refractivity contribution in [3.63, 3.8) is 0 Å². The first-order valence-corrected chi connectivity index (χ1v) is 5.86. The molecular weight excluding hydrogens is 309 g/mol. The highest BCUT2D eigenvalue weighted by Gasteiger charge is 2.29. The Labute approximate surface area is 110 Å². The fraction of sp³-hybridized carbons (Fsp3) is 0.167. The van der Waals surface area contributed by atoms with Crippen molar-refractivity contribution >= 4 is 15.9 Å². The molecule has 18 heavy (non-hydrogen) atoms. The van der Waals surface area contributed by atoms with Gasteiger partial charge in [0.2, 0.25) is 0 Å². The third-order valence-electron chi connectivity index (χ3n) is 2.40. The maximum atomic E-state index is 12.4. The molecule has 0 bridgehead atoms. The monoisotopic (exact) mass is 316 g/mol. The second-order valence-corrected chi connectivity index (χ2v) is 4.54. The highest BCUT2D eigenvalue weighted by Crippen LogP contribution is 2.29. The van der Waals surface area contributed by atoms with E-state index in [-0.39, 0.29) is 0 Å². The predicted molar refractivity (Wildman–Crippen MR) is 64.0 cm³/mol. The molecule has 2 aromatic rings. The van der Waals surface area contributed by atoms with Crippen molar-refractivity contribution in [2.75, 3.05) is 0 Å². The van der Waals surface area contributed by atoms with Crippen LogP contribution in [-0.2, 0) is 12.6 Å². The van der Waals surface area contributed by atoms with Gasteiger partial charge in [0.15, 0.2) is 0 Å². The van der Waals surface area contributed by atoms with E-state index in [0.29, 0.717) is 6.42 Å². The van der Waals surface area contributed by atoms with Crippen LogP contribution in [0.5, 0.6) is 0 Å². The first kappa shape index (κ1) is 13.0. The Morgan fingerprint density at radius 3 is 2.33 bits per heavy atom. The van der Waals surface area contributed by atoms with Gasteiger partial charge in [0.05, 0.1) is 15.7 Å². The van der Waals surface area contributed by atoms with Gasteiger partial charge < -0.3 is 0 Å². The molecule has 0 spiro atoms. The molecule has 0 amide bonds. The number of halogens is 4. The normalized spacial score (nSPS) is 11.6. The first-order valence-electron chi connectivity index (χ1n) is 5.07. The van der Waals surface area contributed by atoms with Crippen LogP contribution < -0.4 is 0 Å². The SMILES string of the molecule is FC(F)(F)c1ccc(Cc2ncncc2Br)cc1. The van der Waals surface area contributed by atoms with Crippen LogP contribution in [0.25, 0.3) is 0 Å². The van der Waals surface area contributed by atoms with E-state index in [1.807, 2.05) is 0 Å². The number of aromatic nitrogens is 2. The Balaban J connectivity index is 2.19. The van der Waals surface area contributed by atoms with E-state index in [1.54, 1.807) is 6.20 Å². The van der Waals surface area contributed by atoms with Gasteiger partial charge in [-0.1, -0.05) is 12.1 Å². The minimum Gasteiger partial charge on any atom is -0.244 e. The molecule has 0 saturated heterocycles. The molecule has 0 saturated carbocycles. The number of nitrogens with zero attached hydrogens (tertiary/aromatic N) is 2. The molecule has 0 aliphatic carbocycles. The molecule has 0 aliphatic heterocycles. The van der Waals surface area contributed by atoms with E-state index in [0.717, 1.165) is 27.9 Å². The summed E-state index contributed by atoms with van der Waals surface area (Å²) in [6.07, 6.45) is -0.828. The summed E-state index contributed by atoms with van der Waals surface area (Å²) in [4.78, 5) is 7.89. The second kappa shape index (κ2) is 5.06. The van der Waals surface area contributed by atoms with Crippen LogP contribution in [0, 0.1) is 0 Å². The van der Waals surface area contributed by atoms with Crippen molar-refractivity contribution < 1.29 is 13.2 Å². The third-order valence-corrected chi connectivity index (χ3v) is 3.06. The van der Waals surface area contributed by atoms with Crippen molar-refractivity contribution in [2.24, 2.45) is 0 Å². The van der Waals surface area contributed by atoms with Crippen molar-refractivity contribution in [3.05, 3.63) is 58.1 Å². The summed E-state index contributed by atoms with van der Waals surface area (Å²) >= 11 is 3.29. The topological polar surface area (TPSA) is 25.8 Å². The fourth-order valence-corrected chi connectivity index (χ4v) is 1.83. The highest BCUT2D eigenvalue weighted by molar-refractivity contribution is 9.10. The molecule has 0 unspecified atom stereocenters. The van der Waals surface area contributed by atoms with E-state index >= 15 is 0 Å². The van der Waals surface area contributed by atoms with Crippen LogP contribution in [0.15, 0.2) is 41.3 Å². The minimum absolute atomic E-state index is 0.460. The predicted octanol–water partition coefficient (Wildman–Crippen LogP) is 3.85. The van der Waals surface area contributed by atoms with E-state index < -0.39 is 11.7 Å².